The van der Waals surface area contributed by atoms with Crippen molar-refractivity contribution in [3.05, 3.63) is 106 Å². The van der Waals surface area contributed by atoms with Gasteiger partial charge in [-0.2, -0.15) is 4.57 Å². The summed E-state index contributed by atoms with van der Waals surface area (Å²) in [5.41, 5.74) is 4.46. The lowest BCUT2D eigenvalue weighted by molar-refractivity contribution is -0.670. The minimum Gasteiger partial charge on any atom is -0.482 e. The van der Waals surface area contributed by atoms with E-state index < -0.39 is 7.12 Å². The summed E-state index contributed by atoms with van der Waals surface area (Å²) in [4.78, 5) is 30.4. The molecule has 1 amide bonds. The van der Waals surface area contributed by atoms with Crippen molar-refractivity contribution in [2.24, 2.45) is 0 Å². The Hall–Kier alpha value is -4.24. The first-order valence-electron chi connectivity index (χ1n) is 16.5. The summed E-state index contributed by atoms with van der Waals surface area (Å²) >= 11 is 3.18. The van der Waals surface area contributed by atoms with E-state index in [2.05, 4.69) is 39.0 Å². The average Bonchev–Trinajstić information content (AvgIpc) is 3.69. The molecular formula is C37H37BN3O7S2+. The second-order valence-corrected chi connectivity index (χ2v) is 13.9. The van der Waals surface area contributed by atoms with E-state index in [1.165, 1.54) is 0 Å². The second kappa shape index (κ2) is 15.8. The molecule has 0 radical (unpaired) electrons. The number of ketones is 1. The lowest BCUT2D eigenvalue weighted by atomic mass is 9.78. The zero-order valence-electron chi connectivity index (χ0n) is 27.9. The van der Waals surface area contributed by atoms with Crippen LogP contribution in [0.1, 0.15) is 11.4 Å². The lowest BCUT2D eigenvalue weighted by Crippen LogP contribution is -2.40. The van der Waals surface area contributed by atoms with Gasteiger partial charge in [0.25, 0.3) is 10.9 Å². The van der Waals surface area contributed by atoms with Crippen molar-refractivity contribution < 1.29 is 37.7 Å². The molecule has 0 bridgehead atoms. The molecule has 0 spiro atoms. The zero-order valence-corrected chi connectivity index (χ0v) is 29.5. The quantitative estimate of drug-likeness (QED) is 0.118. The Kier molecular flexibility index (Phi) is 10.8. The van der Waals surface area contributed by atoms with Crippen LogP contribution in [0.5, 0.6) is 0 Å². The van der Waals surface area contributed by atoms with Crippen LogP contribution in [0, 0.1) is 0 Å². The van der Waals surface area contributed by atoms with Crippen LogP contribution in [-0.2, 0) is 39.7 Å². The van der Waals surface area contributed by atoms with Crippen molar-refractivity contribution in [1.82, 2.24) is 0 Å². The molecule has 256 valence electrons. The molecule has 1 fully saturated rings. The van der Waals surface area contributed by atoms with E-state index >= 15 is 0 Å². The number of para-hydroxylation sites is 2. The maximum atomic E-state index is 13.9. The van der Waals surface area contributed by atoms with Gasteiger partial charge in [0, 0.05) is 56.7 Å². The lowest BCUT2D eigenvalue weighted by Gasteiger charge is -2.25. The highest BCUT2D eigenvalue weighted by Crippen LogP contribution is 2.47. The van der Waals surface area contributed by atoms with Crippen molar-refractivity contribution in [1.29, 1.82) is 0 Å². The van der Waals surface area contributed by atoms with Gasteiger partial charge in [-0.05, 0) is 48.3 Å². The summed E-state index contributed by atoms with van der Waals surface area (Å²) in [5.74, 6) is -0.101. The summed E-state index contributed by atoms with van der Waals surface area (Å²) in [6.07, 6.45) is 4.61. The van der Waals surface area contributed by atoms with Gasteiger partial charge in [0.05, 0.1) is 28.5 Å². The average molecular weight is 711 g/mol. The van der Waals surface area contributed by atoms with E-state index in [9.17, 15) is 9.59 Å². The Morgan fingerprint density at radius 2 is 1.74 bits per heavy atom. The number of allylic oxidation sites excluding steroid dienone is 3. The van der Waals surface area contributed by atoms with Crippen LogP contribution in [0.4, 0.5) is 11.4 Å². The minimum absolute atomic E-state index is 0.144. The van der Waals surface area contributed by atoms with Crippen molar-refractivity contribution >= 4 is 75.0 Å². The van der Waals surface area contributed by atoms with Gasteiger partial charge in [-0.3, -0.25) is 9.59 Å². The van der Waals surface area contributed by atoms with Gasteiger partial charge >= 0.3 is 7.12 Å². The van der Waals surface area contributed by atoms with Crippen LogP contribution in [0.15, 0.2) is 106 Å². The van der Waals surface area contributed by atoms with Crippen molar-refractivity contribution in [3.8, 4) is 0 Å². The molecule has 0 saturated carbocycles. The van der Waals surface area contributed by atoms with Crippen LogP contribution >= 0.6 is 23.1 Å². The van der Waals surface area contributed by atoms with Crippen molar-refractivity contribution in [2.75, 3.05) is 64.0 Å². The fourth-order valence-corrected chi connectivity index (χ4v) is 8.25. The topological polar surface area (TPSA) is 99.4 Å². The number of hydrogen-bond acceptors (Lipinski definition) is 10. The molecule has 1 saturated heterocycles. The standard InChI is InChI=1S/C37H36BN3O7S2/c1-44-20-16-40-29-8-3-5-10-31(29)49-34(40)22-27-36(43)28(23-35-41(17-21-45-2)30-9-4-6-11-32(30)50-35)37(27)46-24-33(42)39-26-14-12-25(13-15-26)38-47-18-7-19-48-38/h3-6,8-15,22-23H,7,16-21,24H2,1-2H3/p+1. The van der Waals surface area contributed by atoms with Crippen LogP contribution in [0.3, 0.4) is 0 Å². The van der Waals surface area contributed by atoms with Gasteiger partial charge in [0.1, 0.15) is 17.1 Å². The molecule has 7 rings (SSSR count). The predicted octanol–water partition coefficient (Wildman–Crippen LogP) is 4.94. The molecule has 50 heavy (non-hydrogen) atoms. The molecular weight excluding hydrogens is 673 g/mol. The normalized spacial score (nSPS) is 17.5. The van der Waals surface area contributed by atoms with Crippen molar-refractivity contribution in [2.45, 2.75) is 17.9 Å². The smallest absolute Gasteiger partial charge is 0.482 e. The SMILES string of the molecule is COCCN1/C(=C/C2=C(OCC(=O)Nc3ccc(B4OCCCO4)cc3)C(=C/c3sc4ccccc4[n+]3CCOC)/C2=O)Sc2ccccc21. The molecule has 13 heteroatoms. The van der Waals surface area contributed by atoms with Crippen LogP contribution in [0.25, 0.3) is 16.3 Å². The Morgan fingerprint density at radius 1 is 0.980 bits per heavy atom. The predicted molar refractivity (Wildman–Crippen MR) is 196 cm³/mol. The highest BCUT2D eigenvalue weighted by atomic mass is 32.2. The number of benzene rings is 3. The highest BCUT2D eigenvalue weighted by Gasteiger charge is 2.38. The van der Waals surface area contributed by atoms with E-state index in [0.29, 0.717) is 62.1 Å². The van der Waals surface area contributed by atoms with Gasteiger partial charge in [-0.15, -0.1) is 0 Å². The number of anilines is 2. The number of nitrogens with zero attached hydrogens (tertiary/aromatic N) is 2. The number of nitrogens with one attached hydrogen (secondary N) is 1. The van der Waals surface area contributed by atoms with E-state index in [0.717, 1.165) is 42.7 Å². The largest absolute Gasteiger partial charge is 0.493 e. The van der Waals surface area contributed by atoms with Crippen molar-refractivity contribution in [3.63, 3.8) is 0 Å². The Morgan fingerprint density at radius 3 is 2.54 bits per heavy atom. The number of methoxy groups -OCH3 is 2. The molecule has 3 aliphatic rings. The third kappa shape index (κ3) is 7.29. The number of aromatic nitrogens is 1. The monoisotopic (exact) mass is 710 g/mol. The van der Waals surface area contributed by atoms with Gasteiger partial charge in [-0.25, -0.2) is 0 Å². The Bertz CT molecular complexity index is 1990. The number of thiazole rings is 1. The van der Waals surface area contributed by atoms with E-state index in [-0.39, 0.29) is 18.3 Å². The molecule has 1 N–H and O–H groups in total. The third-order valence-corrected chi connectivity index (χ3v) is 10.7. The van der Waals surface area contributed by atoms with E-state index in [4.69, 9.17) is 23.5 Å². The van der Waals surface area contributed by atoms with E-state index in [1.54, 1.807) is 37.3 Å². The van der Waals surface area contributed by atoms with Gasteiger partial charge in [-0.1, -0.05) is 59.5 Å². The Balaban J connectivity index is 1.17. The van der Waals surface area contributed by atoms with Gasteiger partial charge in [0.2, 0.25) is 11.3 Å². The minimum atomic E-state index is -0.400. The zero-order chi connectivity index (χ0) is 34.5. The summed E-state index contributed by atoms with van der Waals surface area (Å²) < 4.78 is 31.6. The summed E-state index contributed by atoms with van der Waals surface area (Å²) in [6, 6.07) is 23.6. The molecule has 1 aromatic heterocycles. The number of carbonyl (C=O) groups is 2. The summed E-state index contributed by atoms with van der Waals surface area (Å²) in [7, 11) is 2.94. The molecule has 1 aliphatic carbocycles. The van der Waals surface area contributed by atoms with Crippen LogP contribution in [0.2, 0.25) is 0 Å². The number of carbonyl (C=O) groups excluding carboxylic acids is 2. The number of rotatable bonds is 13. The number of amides is 1. The van der Waals surface area contributed by atoms with Crippen LogP contribution in [-0.4, -0.2) is 72.6 Å². The first-order chi connectivity index (χ1) is 24.5. The number of ether oxygens (including phenoxy) is 3. The molecule has 0 atom stereocenters. The fraction of sp³-hybridized carbons (Fsp3) is 0.270. The first-order valence-corrected chi connectivity index (χ1v) is 18.1. The Labute approximate surface area is 299 Å². The molecule has 3 heterocycles. The number of thioether (sulfide) groups is 1. The molecule has 3 aromatic carbocycles. The second-order valence-electron chi connectivity index (χ2n) is 11.8. The molecule has 0 unspecified atom stereocenters. The summed E-state index contributed by atoms with van der Waals surface area (Å²) in [5, 5.41) is 4.68. The van der Waals surface area contributed by atoms with E-state index in [1.807, 2.05) is 60.7 Å². The van der Waals surface area contributed by atoms with Gasteiger partial charge in [0.15, 0.2) is 13.2 Å². The number of Topliss-reactive ketones (excluding diaryl/α,β-unsaturated/α-hetero) is 1. The summed E-state index contributed by atoms with van der Waals surface area (Å²) in [6.45, 7) is 3.30. The third-order valence-electron chi connectivity index (χ3n) is 8.47. The maximum absolute atomic E-state index is 13.9. The fourth-order valence-electron chi connectivity index (χ4n) is 5.98. The highest BCUT2D eigenvalue weighted by molar-refractivity contribution is 8.03. The maximum Gasteiger partial charge on any atom is 0.493 e. The molecule has 10 nitrogen and oxygen atoms in total. The van der Waals surface area contributed by atoms with Gasteiger partial charge < -0.3 is 33.7 Å². The molecule has 4 aromatic rings. The first kappa shape index (κ1) is 34.2. The number of hydrogen-bond donors (Lipinski definition) is 1. The molecule has 2 aliphatic heterocycles. The number of fused-ring (bicyclic) bond motifs is 2. The van der Waals surface area contributed by atoms with Crippen LogP contribution < -0.4 is 20.2 Å².